The zero-order chi connectivity index (χ0) is 14.9. The number of ether oxygens (including phenoxy) is 2. The summed E-state index contributed by atoms with van der Waals surface area (Å²) in [5.41, 5.74) is 0.279. The van der Waals surface area contributed by atoms with Crippen molar-refractivity contribution in [2.45, 2.75) is 32.9 Å². The van der Waals surface area contributed by atoms with E-state index in [0.717, 1.165) is 0 Å². The normalized spacial score (nSPS) is 13.5. The quantitative estimate of drug-likeness (QED) is 0.203. The van der Waals surface area contributed by atoms with Gasteiger partial charge >= 0.3 is 14.5 Å². The second-order valence-corrected chi connectivity index (χ2v) is 7.45. The van der Waals surface area contributed by atoms with Crippen molar-refractivity contribution in [3.63, 3.8) is 0 Å². The lowest BCUT2D eigenvalue weighted by Gasteiger charge is -2.27. The van der Waals surface area contributed by atoms with Crippen molar-refractivity contribution in [3.8, 4) is 0 Å². The monoisotopic (exact) mass is 286 g/mol. The topological polar surface area (TPSA) is 54.0 Å². The number of carbonyl (C=O) groups is 1. The Kier molecular flexibility index (Phi) is 8.38. The molecule has 0 spiro atoms. The average molecular weight is 286 g/mol. The maximum absolute atomic E-state index is 11.3. The van der Waals surface area contributed by atoms with Crippen LogP contribution in [0.2, 0.25) is 12.6 Å². The molecular formula is C13H22O5Si. The highest BCUT2D eigenvalue weighted by Crippen LogP contribution is 2.20. The first kappa shape index (κ1) is 17.9. The van der Waals surface area contributed by atoms with Gasteiger partial charge in [0.2, 0.25) is 0 Å². The Morgan fingerprint density at radius 2 is 2.00 bits per heavy atom. The first-order chi connectivity index (χ1) is 8.84. The molecule has 0 heterocycles. The lowest BCUT2D eigenvalue weighted by Crippen LogP contribution is -2.39. The lowest BCUT2D eigenvalue weighted by molar-refractivity contribution is -0.138. The summed E-state index contributed by atoms with van der Waals surface area (Å²) in [4.78, 5) is 11.3. The van der Waals surface area contributed by atoms with Crippen molar-refractivity contribution in [2.75, 3.05) is 13.2 Å². The van der Waals surface area contributed by atoms with Crippen LogP contribution in [0.5, 0.6) is 0 Å². The van der Waals surface area contributed by atoms with E-state index < -0.39 is 14.5 Å². The number of carbonyl (C=O) groups excluding carboxylic acids is 1. The van der Waals surface area contributed by atoms with Crippen LogP contribution in [-0.4, -0.2) is 27.7 Å². The van der Waals surface area contributed by atoms with Crippen molar-refractivity contribution < 1.29 is 23.1 Å². The number of hydrogen-bond acceptors (Lipinski definition) is 5. The largest absolute Gasteiger partial charge is 0.494 e. The third-order valence-electron chi connectivity index (χ3n) is 2.23. The van der Waals surface area contributed by atoms with E-state index in [9.17, 15) is 4.79 Å². The molecule has 0 saturated heterocycles. The zero-order valence-electron chi connectivity index (χ0n) is 11.9. The van der Waals surface area contributed by atoms with Gasteiger partial charge in [0.05, 0.1) is 0 Å². The van der Waals surface area contributed by atoms with Crippen LogP contribution >= 0.6 is 0 Å². The Balaban J connectivity index is 4.42. The maximum Gasteiger partial charge on any atom is 0.398 e. The van der Waals surface area contributed by atoms with Crippen molar-refractivity contribution in [3.05, 3.63) is 31.8 Å². The zero-order valence-corrected chi connectivity index (χ0v) is 12.9. The van der Waals surface area contributed by atoms with Crippen LogP contribution in [0.3, 0.4) is 0 Å². The van der Waals surface area contributed by atoms with E-state index in [1.807, 2.05) is 13.5 Å². The van der Waals surface area contributed by atoms with Crippen LogP contribution in [0, 0.1) is 7.11 Å². The van der Waals surface area contributed by atoms with Gasteiger partial charge in [-0.05, 0) is 33.4 Å². The highest BCUT2D eigenvalue weighted by atomic mass is 28.4. The SMILES string of the molecule is [CH]OCCC[Si](C)(OCC)OC(=C)OC(=O)C(=C)C. The molecule has 0 aliphatic carbocycles. The molecule has 1 unspecified atom stereocenters. The van der Waals surface area contributed by atoms with Crippen LogP contribution in [-0.2, 0) is 23.1 Å². The van der Waals surface area contributed by atoms with Crippen LogP contribution in [0.25, 0.3) is 0 Å². The van der Waals surface area contributed by atoms with Gasteiger partial charge in [0.25, 0.3) is 5.95 Å². The van der Waals surface area contributed by atoms with Crippen molar-refractivity contribution in [1.82, 2.24) is 0 Å². The van der Waals surface area contributed by atoms with Gasteiger partial charge in [-0.25, -0.2) is 4.79 Å². The van der Waals surface area contributed by atoms with Crippen molar-refractivity contribution in [2.24, 2.45) is 0 Å². The van der Waals surface area contributed by atoms with Gasteiger partial charge in [-0.15, -0.1) is 0 Å². The van der Waals surface area contributed by atoms with E-state index in [4.69, 9.17) is 20.7 Å². The minimum Gasteiger partial charge on any atom is -0.494 e. The summed E-state index contributed by atoms with van der Waals surface area (Å²) >= 11 is 0. The molecule has 108 valence electrons. The molecule has 0 bridgehead atoms. The molecule has 0 rings (SSSR count). The predicted octanol–water partition coefficient (Wildman–Crippen LogP) is 2.78. The molecule has 6 heteroatoms. The van der Waals surface area contributed by atoms with Gasteiger partial charge in [0.1, 0.15) is 7.11 Å². The van der Waals surface area contributed by atoms with Crippen LogP contribution in [0.1, 0.15) is 20.3 Å². The average Bonchev–Trinajstić information content (AvgIpc) is 2.28. The van der Waals surface area contributed by atoms with Gasteiger partial charge in [0.15, 0.2) is 0 Å². The Morgan fingerprint density at radius 3 is 2.47 bits per heavy atom. The summed E-state index contributed by atoms with van der Waals surface area (Å²) in [5, 5.41) is 0. The minimum atomic E-state index is -2.49. The summed E-state index contributed by atoms with van der Waals surface area (Å²) in [6.45, 7) is 13.3. The third-order valence-corrected chi connectivity index (χ3v) is 5.05. The van der Waals surface area contributed by atoms with E-state index in [0.29, 0.717) is 25.7 Å². The van der Waals surface area contributed by atoms with Gasteiger partial charge in [-0.1, -0.05) is 6.58 Å². The number of hydrogen-bond donors (Lipinski definition) is 0. The standard InChI is InChI=1S/C13H22O5Si/c1-7-16-19(6,10-8-9-15-5)18-12(4)17-13(14)11(2)3/h5H,2,4,7-10H2,1,3,6H3. The first-order valence-corrected chi connectivity index (χ1v) is 8.58. The Hall–Kier alpha value is -1.11. The molecule has 0 fully saturated rings. The Labute approximate surface area is 116 Å². The summed E-state index contributed by atoms with van der Waals surface area (Å²) in [7, 11) is 2.48. The first-order valence-electron chi connectivity index (χ1n) is 6.06. The van der Waals surface area contributed by atoms with E-state index >= 15 is 0 Å². The number of rotatable bonds is 10. The molecule has 0 aliphatic heterocycles. The smallest absolute Gasteiger partial charge is 0.398 e. The predicted molar refractivity (Wildman–Crippen MR) is 74.1 cm³/mol. The Morgan fingerprint density at radius 1 is 1.37 bits per heavy atom. The molecule has 0 aromatic rings. The molecule has 5 nitrogen and oxygen atoms in total. The van der Waals surface area contributed by atoms with E-state index in [1.54, 1.807) is 6.92 Å². The van der Waals surface area contributed by atoms with E-state index in [1.165, 1.54) is 0 Å². The molecule has 1 atom stereocenters. The van der Waals surface area contributed by atoms with Gasteiger partial charge in [-0.2, -0.15) is 0 Å². The molecule has 0 aromatic carbocycles. The fourth-order valence-corrected chi connectivity index (χ4v) is 3.61. The van der Waals surface area contributed by atoms with Gasteiger partial charge < -0.3 is 18.3 Å². The van der Waals surface area contributed by atoms with Gasteiger partial charge in [-0.3, -0.25) is 0 Å². The molecule has 0 amide bonds. The van der Waals surface area contributed by atoms with Crippen molar-refractivity contribution >= 4 is 14.5 Å². The molecule has 19 heavy (non-hydrogen) atoms. The minimum absolute atomic E-state index is 0.0655. The highest BCUT2D eigenvalue weighted by Gasteiger charge is 2.34. The fraction of sp³-hybridized carbons (Fsp3) is 0.538. The summed E-state index contributed by atoms with van der Waals surface area (Å²) < 4.78 is 20.6. The van der Waals surface area contributed by atoms with Gasteiger partial charge in [0, 0.05) is 24.8 Å². The van der Waals surface area contributed by atoms with E-state index in [2.05, 4.69) is 17.9 Å². The highest BCUT2D eigenvalue weighted by molar-refractivity contribution is 6.66. The summed E-state index contributed by atoms with van der Waals surface area (Å²) in [5.74, 6) is -0.632. The second-order valence-electron chi connectivity index (χ2n) is 4.19. The van der Waals surface area contributed by atoms with Crippen LogP contribution in [0.4, 0.5) is 0 Å². The molecule has 0 N–H and O–H groups in total. The third kappa shape index (κ3) is 7.81. The molecular weight excluding hydrogens is 264 g/mol. The summed E-state index contributed by atoms with van der Waals surface area (Å²) in [6.07, 6.45) is 0.695. The second kappa shape index (κ2) is 8.90. The lowest BCUT2D eigenvalue weighted by atomic mass is 10.4. The van der Waals surface area contributed by atoms with Crippen LogP contribution in [0.15, 0.2) is 24.7 Å². The van der Waals surface area contributed by atoms with Crippen LogP contribution < -0.4 is 0 Å². The molecule has 0 aromatic heterocycles. The fourth-order valence-electron chi connectivity index (χ4n) is 1.39. The summed E-state index contributed by atoms with van der Waals surface area (Å²) in [6, 6.07) is 0.654. The Bertz CT molecular complexity index is 329. The molecule has 0 aliphatic rings. The van der Waals surface area contributed by atoms with Crippen molar-refractivity contribution in [1.29, 1.82) is 0 Å². The molecule has 0 saturated carbocycles. The number of esters is 1. The maximum atomic E-state index is 11.3. The molecule has 2 radical (unpaired) electrons. The van der Waals surface area contributed by atoms with E-state index in [-0.39, 0.29) is 11.5 Å².